The lowest BCUT2D eigenvalue weighted by molar-refractivity contribution is -0.136. The SMILES string of the molecule is CN1C(=O)CC(Nc2ncnc(N)c2Cl)C1=O. The summed E-state index contributed by atoms with van der Waals surface area (Å²) in [5.41, 5.74) is 5.50. The quantitative estimate of drug-likeness (QED) is 0.715. The maximum absolute atomic E-state index is 11.6. The number of aromatic nitrogens is 2. The molecule has 2 amide bonds. The van der Waals surface area contributed by atoms with Crippen LogP contribution >= 0.6 is 11.6 Å². The van der Waals surface area contributed by atoms with Crippen molar-refractivity contribution in [2.75, 3.05) is 18.1 Å². The third-order valence-electron chi connectivity index (χ3n) is 2.51. The van der Waals surface area contributed by atoms with Gasteiger partial charge in [-0.05, 0) is 0 Å². The van der Waals surface area contributed by atoms with E-state index >= 15 is 0 Å². The maximum Gasteiger partial charge on any atom is 0.251 e. The van der Waals surface area contributed by atoms with Crippen molar-refractivity contribution in [3.63, 3.8) is 0 Å². The molecule has 0 saturated carbocycles. The molecule has 1 fully saturated rings. The molecular formula is C9H10ClN5O2. The largest absolute Gasteiger partial charge is 0.382 e. The van der Waals surface area contributed by atoms with Crippen LogP contribution in [0, 0.1) is 0 Å². The zero-order valence-electron chi connectivity index (χ0n) is 8.98. The van der Waals surface area contributed by atoms with E-state index in [0.29, 0.717) is 0 Å². The number of amides is 2. The number of likely N-dealkylation sites (tertiary alicyclic amines) is 1. The Kier molecular flexibility index (Phi) is 2.84. The molecule has 1 aliphatic rings. The third-order valence-corrected chi connectivity index (χ3v) is 2.88. The minimum absolute atomic E-state index is 0.0789. The van der Waals surface area contributed by atoms with Crippen LogP contribution in [0.5, 0.6) is 0 Å². The normalized spacial score (nSPS) is 19.9. The van der Waals surface area contributed by atoms with Crippen LogP contribution in [0.2, 0.25) is 5.02 Å². The molecule has 1 atom stereocenters. The summed E-state index contributed by atoms with van der Waals surface area (Å²) in [7, 11) is 1.43. The molecule has 90 valence electrons. The number of carbonyl (C=O) groups is 2. The molecule has 1 aromatic heterocycles. The Morgan fingerprint density at radius 1 is 1.53 bits per heavy atom. The summed E-state index contributed by atoms with van der Waals surface area (Å²) >= 11 is 5.87. The number of hydrogen-bond acceptors (Lipinski definition) is 6. The molecule has 0 aliphatic carbocycles. The van der Waals surface area contributed by atoms with Crippen molar-refractivity contribution in [1.29, 1.82) is 0 Å². The Balaban J connectivity index is 2.20. The van der Waals surface area contributed by atoms with Gasteiger partial charge in [0.05, 0.1) is 6.42 Å². The fourth-order valence-electron chi connectivity index (χ4n) is 1.52. The Morgan fingerprint density at radius 2 is 2.24 bits per heavy atom. The number of rotatable bonds is 2. The number of imide groups is 1. The fourth-order valence-corrected chi connectivity index (χ4v) is 1.67. The highest BCUT2D eigenvalue weighted by molar-refractivity contribution is 6.35. The summed E-state index contributed by atoms with van der Waals surface area (Å²) in [6, 6.07) is -0.653. The number of hydrogen-bond donors (Lipinski definition) is 2. The van der Waals surface area contributed by atoms with Crippen LogP contribution in [-0.2, 0) is 9.59 Å². The van der Waals surface area contributed by atoms with Crippen LogP contribution in [-0.4, -0.2) is 39.8 Å². The van der Waals surface area contributed by atoms with Gasteiger partial charge < -0.3 is 11.1 Å². The van der Waals surface area contributed by atoms with E-state index in [1.807, 2.05) is 0 Å². The predicted molar refractivity (Wildman–Crippen MR) is 61.3 cm³/mol. The number of anilines is 2. The summed E-state index contributed by atoms with van der Waals surface area (Å²) in [6.07, 6.45) is 1.31. The number of nitrogens with two attached hydrogens (primary N) is 1. The molecular weight excluding hydrogens is 246 g/mol. The van der Waals surface area contributed by atoms with Crippen LogP contribution in [0.4, 0.5) is 11.6 Å². The molecule has 0 bridgehead atoms. The zero-order valence-corrected chi connectivity index (χ0v) is 9.73. The fraction of sp³-hybridized carbons (Fsp3) is 0.333. The first-order valence-corrected chi connectivity index (χ1v) is 5.21. The summed E-state index contributed by atoms with van der Waals surface area (Å²) in [5, 5.41) is 2.93. The number of carbonyl (C=O) groups excluding carboxylic acids is 2. The smallest absolute Gasteiger partial charge is 0.251 e. The van der Waals surface area contributed by atoms with Crippen molar-refractivity contribution in [2.45, 2.75) is 12.5 Å². The van der Waals surface area contributed by atoms with Crippen molar-refractivity contribution in [2.24, 2.45) is 0 Å². The van der Waals surface area contributed by atoms with Gasteiger partial charge in [0, 0.05) is 7.05 Å². The molecule has 7 nitrogen and oxygen atoms in total. The van der Waals surface area contributed by atoms with Crippen molar-refractivity contribution in [3.8, 4) is 0 Å². The van der Waals surface area contributed by atoms with Gasteiger partial charge in [-0.25, -0.2) is 9.97 Å². The van der Waals surface area contributed by atoms with Crippen molar-refractivity contribution in [1.82, 2.24) is 14.9 Å². The Morgan fingerprint density at radius 3 is 2.82 bits per heavy atom. The molecule has 17 heavy (non-hydrogen) atoms. The van der Waals surface area contributed by atoms with Gasteiger partial charge in [-0.2, -0.15) is 0 Å². The van der Waals surface area contributed by atoms with Crippen LogP contribution < -0.4 is 11.1 Å². The summed E-state index contributed by atoms with van der Waals surface area (Å²) < 4.78 is 0. The van der Waals surface area contributed by atoms with Crippen molar-refractivity contribution < 1.29 is 9.59 Å². The van der Waals surface area contributed by atoms with Crippen LogP contribution in [0.15, 0.2) is 6.33 Å². The summed E-state index contributed by atoms with van der Waals surface area (Å²) in [6.45, 7) is 0. The number of nitrogens with one attached hydrogen (secondary N) is 1. The molecule has 3 N–H and O–H groups in total. The zero-order chi connectivity index (χ0) is 12.6. The maximum atomic E-state index is 11.6. The first-order valence-electron chi connectivity index (χ1n) is 4.83. The summed E-state index contributed by atoms with van der Waals surface area (Å²) in [5.74, 6) is -0.191. The standard InChI is InChI=1S/C9H10ClN5O2/c1-15-5(16)2-4(9(15)17)14-8-6(10)7(11)12-3-13-8/h3-4H,2H2,1H3,(H3,11,12,13,14). The van der Waals surface area contributed by atoms with Gasteiger partial charge >= 0.3 is 0 Å². The predicted octanol–water partition coefficient (Wildman–Crippen LogP) is -0.119. The highest BCUT2D eigenvalue weighted by atomic mass is 35.5. The lowest BCUT2D eigenvalue weighted by Crippen LogP contribution is -2.32. The molecule has 1 aliphatic heterocycles. The molecule has 1 unspecified atom stereocenters. The second kappa shape index (κ2) is 4.17. The molecule has 2 rings (SSSR count). The number of likely N-dealkylation sites (N-methyl/N-ethyl adjacent to an activating group) is 1. The van der Waals surface area contributed by atoms with Crippen LogP contribution in [0.25, 0.3) is 0 Å². The molecule has 0 aromatic carbocycles. The van der Waals surface area contributed by atoms with Gasteiger partial charge in [0.25, 0.3) is 5.91 Å². The highest BCUT2D eigenvalue weighted by Crippen LogP contribution is 2.25. The minimum Gasteiger partial charge on any atom is -0.382 e. The Bertz CT molecular complexity index is 492. The average molecular weight is 256 g/mol. The minimum atomic E-state index is -0.653. The van der Waals surface area contributed by atoms with E-state index in [0.717, 1.165) is 4.90 Å². The van der Waals surface area contributed by atoms with E-state index in [4.69, 9.17) is 17.3 Å². The van der Waals surface area contributed by atoms with Gasteiger partial charge in [0.2, 0.25) is 5.91 Å². The van der Waals surface area contributed by atoms with Gasteiger partial charge in [-0.3, -0.25) is 14.5 Å². The van der Waals surface area contributed by atoms with E-state index in [9.17, 15) is 9.59 Å². The van der Waals surface area contributed by atoms with E-state index < -0.39 is 6.04 Å². The van der Waals surface area contributed by atoms with E-state index in [2.05, 4.69) is 15.3 Å². The van der Waals surface area contributed by atoms with Gasteiger partial charge in [0.1, 0.15) is 23.2 Å². The summed E-state index contributed by atoms with van der Waals surface area (Å²) in [4.78, 5) is 31.6. The van der Waals surface area contributed by atoms with Crippen molar-refractivity contribution in [3.05, 3.63) is 11.3 Å². The topological polar surface area (TPSA) is 101 Å². The van der Waals surface area contributed by atoms with E-state index in [1.54, 1.807) is 0 Å². The number of halogens is 1. The Labute approximate surface area is 102 Å². The van der Waals surface area contributed by atoms with Crippen molar-refractivity contribution >= 4 is 35.1 Å². The average Bonchev–Trinajstić information content (AvgIpc) is 2.53. The van der Waals surface area contributed by atoms with Gasteiger partial charge in [-0.1, -0.05) is 11.6 Å². The first-order chi connectivity index (χ1) is 8.00. The van der Waals surface area contributed by atoms with E-state index in [-0.39, 0.29) is 34.9 Å². The molecule has 0 radical (unpaired) electrons. The first kappa shape index (κ1) is 11.6. The second-order valence-electron chi connectivity index (χ2n) is 3.61. The monoisotopic (exact) mass is 255 g/mol. The molecule has 8 heteroatoms. The molecule has 2 heterocycles. The number of nitrogens with zero attached hydrogens (tertiary/aromatic N) is 3. The highest BCUT2D eigenvalue weighted by Gasteiger charge is 2.36. The third kappa shape index (κ3) is 2.01. The van der Waals surface area contributed by atoms with Gasteiger partial charge in [0.15, 0.2) is 5.82 Å². The van der Waals surface area contributed by atoms with Crippen LogP contribution in [0.1, 0.15) is 6.42 Å². The Hall–Kier alpha value is -1.89. The van der Waals surface area contributed by atoms with Crippen LogP contribution in [0.3, 0.4) is 0 Å². The second-order valence-corrected chi connectivity index (χ2v) is 3.99. The molecule has 1 saturated heterocycles. The molecule has 0 spiro atoms. The lowest BCUT2D eigenvalue weighted by Gasteiger charge is -2.12. The lowest BCUT2D eigenvalue weighted by atomic mass is 10.2. The van der Waals surface area contributed by atoms with Gasteiger partial charge in [-0.15, -0.1) is 0 Å². The number of nitrogen functional groups attached to an aromatic ring is 1. The van der Waals surface area contributed by atoms with E-state index in [1.165, 1.54) is 13.4 Å². The molecule has 1 aromatic rings.